The number of rotatable bonds is 2. The van der Waals surface area contributed by atoms with Crippen molar-refractivity contribution < 1.29 is 4.74 Å². The molecule has 0 aliphatic carbocycles. The molecule has 2 aromatic rings. The SMILES string of the molecule is COc1ccc2ccnc(N3CC(N)C3)c2c1. The Labute approximate surface area is 100.0 Å². The van der Waals surface area contributed by atoms with Crippen LogP contribution in [0.3, 0.4) is 0 Å². The van der Waals surface area contributed by atoms with E-state index in [9.17, 15) is 0 Å². The first-order valence-corrected chi connectivity index (χ1v) is 5.71. The number of anilines is 1. The number of hydrogen-bond acceptors (Lipinski definition) is 4. The average molecular weight is 229 g/mol. The molecule has 0 unspecified atom stereocenters. The lowest BCUT2D eigenvalue weighted by molar-refractivity contribution is 0.415. The zero-order valence-electron chi connectivity index (χ0n) is 9.76. The van der Waals surface area contributed by atoms with E-state index < -0.39 is 0 Å². The molecule has 1 aromatic carbocycles. The Bertz CT molecular complexity index is 549. The lowest BCUT2D eigenvalue weighted by Crippen LogP contribution is -2.56. The van der Waals surface area contributed by atoms with Gasteiger partial charge in [-0.1, -0.05) is 6.07 Å². The molecule has 0 atom stereocenters. The summed E-state index contributed by atoms with van der Waals surface area (Å²) >= 11 is 0. The molecule has 3 rings (SSSR count). The normalized spacial score (nSPS) is 16.0. The van der Waals surface area contributed by atoms with Crippen LogP contribution in [0.5, 0.6) is 5.75 Å². The van der Waals surface area contributed by atoms with Crippen molar-refractivity contribution in [1.29, 1.82) is 0 Å². The zero-order valence-corrected chi connectivity index (χ0v) is 9.76. The number of pyridine rings is 1. The maximum atomic E-state index is 5.81. The van der Waals surface area contributed by atoms with Gasteiger partial charge in [-0.25, -0.2) is 4.98 Å². The molecule has 1 saturated heterocycles. The Morgan fingerprint density at radius 3 is 2.88 bits per heavy atom. The molecule has 2 heterocycles. The van der Waals surface area contributed by atoms with Gasteiger partial charge in [0.05, 0.1) is 7.11 Å². The molecule has 17 heavy (non-hydrogen) atoms. The summed E-state index contributed by atoms with van der Waals surface area (Å²) in [5, 5.41) is 2.30. The molecule has 0 saturated carbocycles. The van der Waals surface area contributed by atoms with Crippen LogP contribution in [-0.2, 0) is 0 Å². The summed E-state index contributed by atoms with van der Waals surface area (Å²) in [6.07, 6.45) is 1.84. The van der Waals surface area contributed by atoms with Crippen LogP contribution in [0.15, 0.2) is 30.5 Å². The molecule has 1 aliphatic heterocycles. The highest BCUT2D eigenvalue weighted by atomic mass is 16.5. The van der Waals surface area contributed by atoms with Gasteiger partial charge < -0.3 is 15.4 Å². The highest BCUT2D eigenvalue weighted by Crippen LogP contribution is 2.30. The van der Waals surface area contributed by atoms with Crippen molar-refractivity contribution in [2.45, 2.75) is 6.04 Å². The minimum Gasteiger partial charge on any atom is -0.497 e. The fourth-order valence-corrected chi connectivity index (χ4v) is 2.20. The molecule has 4 nitrogen and oxygen atoms in total. The average Bonchev–Trinajstić information content (AvgIpc) is 2.34. The fraction of sp³-hybridized carbons (Fsp3) is 0.308. The quantitative estimate of drug-likeness (QED) is 0.845. The topological polar surface area (TPSA) is 51.4 Å². The summed E-state index contributed by atoms with van der Waals surface area (Å²) in [7, 11) is 1.68. The third kappa shape index (κ3) is 1.70. The van der Waals surface area contributed by atoms with E-state index in [1.165, 1.54) is 5.39 Å². The van der Waals surface area contributed by atoms with Crippen LogP contribution in [0.25, 0.3) is 10.8 Å². The van der Waals surface area contributed by atoms with Gasteiger partial charge in [0.15, 0.2) is 0 Å². The predicted octanol–water partition coefficient (Wildman–Crippen LogP) is 1.39. The number of benzene rings is 1. The van der Waals surface area contributed by atoms with Crippen LogP contribution in [0.2, 0.25) is 0 Å². The molecule has 0 radical (unpaired) electrons. The highest BCUT2D eigenvalue weighted by molar-refractivity contribution is 5.93. The summed E-state index contributed by atoms with van der Waals surface area (Å²) in [4.78, 5) is 6.65. The minimum absolute atomic E-state index is 0.276. The second-order valence-corrected chi connectivity index (χ2v) is 4.39. The predicted molar refractivity (Wildman–Crippen MR) is 68.5 cm³/mol. The first-order chi connectivity index (χ1) is 8.28. The van der Waals surface area contributed by atoms with Crippen LogP contribution in [-0.4, -0.2) is 31.2 Å². The molecule has 1 aromatic heterocycles. The molecule has 0 spiro atoms. The second-order valence-electron chi connectivity index (χ2n) is 4.39. The molecule has 0 amide bonds. The molecule has 1 aliphatic rings. The zero-order chi connectivity index (χ0) is 11.8. The van der Waals surface area contributed by atoms with Crippen molar-refractivity contribution in [3.8, 4) is 5.75 Å². The van der Waals surface area contributed by atoms with Gasteiger partial charge in [0, 0.05) is 30.7 Å². The third-order valence-electron chi connectivity index (χ3n) is 3.16. The van der Waals surface area contributed by atoms with Gasteiger partial charge in [-0.2, -0.15) is 0 Å². The largest absolute Gasteiger partial charge is 0.497 e. The van der Waals surface area contributed by atoms with Crippen LogP contribution in [0.1, 0.15) is 0 Å². The molecular weight excluding hydrogens is 214 g/mol. The number of hydrogen-bond donors (Lipinski definition) is 1. The van der Waals surface area contributed by atoms with Crippen molar-refractivity contribution >= 4 is 16.6 Å². The summed E-state index contributed by atoms with van der Waals surface area (Å²) in [5.74, 6) is 1.86. The van der Waals surface area contributed by atoms with E-state index in [0.717, 1.165) is 30.0 Å². The summed E-state index contributed by atoms with van der Waals surface area (Å²) in [5.41, 5.74) is 5.81. The minimum atomic E-state index is 0.276. The number of aromatic nitrogens is 1. The summed E-state index contributed by atoms with van der Waals surface area (Å²) in [6.45, 7) is 1.76. The fourth-order valence-electron chi connectivity index (χ4n) is 2.20. The van der Waals surface area contributed by atoms with E-state index in [-0.39, 0.29) is 6.04 Å². The van der Waals surface area contributed by atoms with Crippen LogP contribution in [0, 0.1) is 0 Å². The molecule has 88 valence electrons. The van der Waals surface area contributed by atoms with Gasteiger partial charge in [0.2, 0.25) is 0 Å². The lowest BCUT2D eigenvalue weighted by atomic mass is 10.1. The Morgan fingerprint density at radius 2 is 2.18 bits per heavy atom. The summed E-state index contributed by atoms with van der Waals surface area (Å²) in [6, 6.07) is 8.34. The number of fused-ring (bicyclic) bond motifs is 1. The van der Waals surface area contributed by atoms with Crippen LogP contribution < -0.4 is 15.4 Å². The molecule has 4 heteroatoms. The van der Waals surface area contributed by atoms with Crippen molar-refractivity contribution in [3.63, 3.8) is 0 Å². The Morgan fingerprint density at radius 1 is 1.35 bits per heavy atom. The number of nitrogens with zero attached hydrogens (tertiary/aromatic N) is 2. The molecular formula is C13H15N3O. The van der Waals surface area contributed by atoms with Gasteiger partial charge in [-0.05, 0) is 23.6 Å². The number of ether oxygens (including phenoxy) is 1. The van der Waals surface area contributed by atoms with Gasteiger partial charge >= 0.3 is 0 Å². The molecule has 0 bridgehead atoms. The second kappa shape index (κ2) is 3.89. The van der Waals surface area contributed by atoms with Crippen molar-refractivity contribution in [1.82, 2.24) is 4.98 Å². The van der Waals surface area contributed by atoms with E-state index in [2.05, 4.69) is 16.0 Å². The number of methoxy groups -OCH3 is 1. The lowest BCUT2D eigenvalue weighted by Gasteiger charge is -2.38. The summed E-state index contributed by atoms with van der Waals surface area (Å²) < 4.78 is 5.26. The van der Waals surface area contributed by atoms with Crippen molar-refractivity contribution in [2.24, 2.45) is 5.73 Å². The molecule has 1 fully saturated rings. The van der Waals surface area contributed by atoms with E-state index in [1.54, 1.807) is 7.11 Å². The number of nitrogens with two attached hydrogens (primary N) is 1. The van der Waals surface area contributed by atoms with Crippen LogP contribution in [0.4, 0.5) is 5.82 Å². The van der Waals surface area contributed by atoms with E-state index in [4.69, 9.17) is 10.5 Å². The highest BCUT2D eigenvalue weighted by Gasteiger charge is 2.25. The van der Waals surface area contributed by atoms with E-state index in [0.29, 0.717) is 0 Å². The monoisotopic (exact) mass is 229 g/mol. The molecule has 2 N–H and O–H groups in total. The maximum Gasteiger partial charge on any atom is 0.136 e. The van der Waals surface area contributed by atoms with E-state index in [1.807, 2.05) is 24.4 Å². The Kier molecular flexibility index (Phi) is 2.37. The van der Waals surface area contributed by atoms with Crippen molar-refractivity contribution in [2.75, 3.05) is 25.1 Å². The maximum absolute atomic E-state index is 5.81. The van der Waals surface area contributed by atoms with Crippen LogP contribution >= 0.6 is 0 Å². The smallest absolute Gasteiger partial charge is 0.136 e. The van der Waals surface area contributed by atoms with Gasteiger partial charge in [-0.15, -0.1) is 0 Å². The first-order valence-electron chi connectivity index (χ1n) is 5.71. The van der Waals surface area contributed by atoms with Gasteiger partial charge in [0.25, 0.3) is 0 Å². The Hall–Kier alpha value is -1.81. The van der Waals surface area contributed by atoms with E-state index >= 15 is 0 Å². The standard InChI is InChI=1S/C13H15N3O/c1-17-11-3-2-9-4-5-15-13(12(9)6-11)16-7-10(14)8-16/h2-6,10H,7-8,14H2,1H3. The Balaban J connectivity index is 2.10. The first kappa shape index (κ1) is 10.4. The van der Waals surface area contributed by atoms with Gasteiger partial charge in [-0.3, -0.25) is 0 Å². The third-order valence-corrected chi connectivity index (χ3v) is 3.16. The van der Waals surface area contributed by atoms with Crippen molar-refractivity contribution in [3.05, 3.63) is 30.5 Å². The van der Waals surface area contributed by atoms with Gasteiger partial charge in [0.1, 0.15) is 11.6 Å².